The molecule has 1 rings (SSSR count). The van der Waals surface area contributed by atoms with Gasteiger partial charge in [0.1, 0.15) is 12.4 Å². The first-order valence-electron chi connectivity index (χ1n) is 7.21. The first kappa shape index (κ1) is 18.3. The fourth-order valence-corrected chi connectivity index (χ4v) is 2.79. The van der Waals surface area contributed by atoms with Crippen LogP contribution in [0.15, 0.2) is 18.2 Å². The summed E-state index contributed by atoms with van der Waals surface area (Å²) in [7, 11) is -3.10. The predicted molar refractivity (Wildman–Crippen MR) is 87.9 cm³/mol. The lowest BCUT2D eigenvalue weighted by atomic mass is 10.2. The van der Waals surface area contributed by atoms with Gasteiger partial charge in [-0.3, -0.25) is 0 Å². The van der Waals surface area contributed by atoms with Crippen LogP contribution in [0.4, 0.5) is 0 Å². The number of hydrogen-bond donors (Lipinski definition) is 1. The van der Waals surface area contributed by atoms with Crippen molar-refractivity contribution in [1.82, 2.24) is 5.32 Å². The van der Waals surface area contributed by atoms with E-state index < -0.39 is 15.1 Å². The van der Waals surface area contributed by atoms with Crippen molar-refractivity contribution in [3.05, 3.63) is 28.8 Å². The van der Waals surface area contributed by atoms with E-state index in [1.54, 1.807) is 19.9 Å². The normalized spacial score (nSPS) is 11.9. The highest BCUT2D eigenvalue weighted by Crippen LogP contribution is 2.28. The van der Waals surface area contributed by atoms with Crippen molar-refractivity contribution in [3.8, 4) is 5.75 Å². The van der Waals surface area contributed by atoms with E-state index in [1.165, 1.54) is 0 Å². The van der Waals surface area contributed by atoms with Crippen LogP contribution >= 0.6 is 11.6 Å². The van der Waals surface area contributed by atoms with E-state index in [2.05, 4.69) is 12.2 Å². The molecule has 0 aliphatic carbocycles. The average molecular weight is 334 g/mol. The van der Waals surface area contributed by atoms with Crippen LogP contribution in [0, 0.1) is 0 Å². The molecule has 1 aromatic carbocycles. The summed E-state index contributed by atoms with van der Waals surface area (Å²) in [5.41, 5.74) is 0.942. The molecule has 0 aromatic heterocycles. The van der Waals surface area contributed by atoms with Gasteiger partial charge in [0.2, 0.25) is 0 Å². The minimum Gasteiger partial charge on any atom is -0.491 e. The maximum absolute atomic E-state index is 11.8. The Hall–Kier alpha value is -0.780. The molecule has 0 aliphatic rings. The molecule has 0 spiro atoms. The molecule has 0 aliphatic heterocycles. The van der Waals surface area contributed by atoms with E-state index in [-0.39, 0.29) is 12.4 Å². The number of hydrogen-bond acceptors (Lipinski definition) is 4. The fraction of sp³-hybridized carbons (Fsp3) is 0.600. The zero-order chi connectivity index (χ0) is 15.9. The van der Waals surface area contributed by atoms with Gasteiger partial charge in [0.25, 0.3) is 0 Å². The lowest BCUT2D eigenvalue weighted by Gasteiger charge is -2.14. The number of sulfone groups is 1. The lowest BCUT2D eigenvalue weighted by Crippen LogP contribution is -2.22. The minimum atomic E-state index is -3.10. The maximum atomic E-state index is 11.8. The molecule has 0 amide bonds. The third-order valence-electron chi connectivity index (χ3n) is 3.12. The Labute approximate surface area is 132 Å². The van der Waals surface area contributed by atoms with Crippen LogP contribution in [-0.4, -0.2) is 32.6 Å². The number of nitrogens with one attached hydrogen (secondary N) is 1. The molecule has 1 aromatic rings. The third-order valence-corrected chi connectivity index (χ3v) is 5.59. The summed E-state index contributed by atoms with van der Waals surface area (Å²) in [5, 5.41) is 3.40. The van der Waals surface area contributed by atoms with Gasteiger partial charge in [-0.2, -0.15) is 0 Å². The van der Waals surface area contributed by atoms with Gasteiger partial charge in [-0.1, -0.05) is 30.7 Å². The number of benzene rings is 1. The van der Waals surface area contributed by atoms with Crippen LogP contribution in [0.25, 0.3) is 0 Å². The van der Waals surface area contributed by atoms with Gasteiger partial charge in [-0.25, -0.2) is 8.42 Å². The Morgan fingerprint density at radius 3 is 2.67 bits per heavy atom. The molecule has 120 valence electrons. The first-order chi connectivity index (χ1) is 9.88. The highest BCUT2D eigenvalue weighted by Gasteiger charge is 2.17. The molecule has 0 atom stereocenters. The number of para-hydroxylation sites is 1. The van der Waals surface area contributed by atoms with Gasteiger partial charge in [0, 0.05) is 12.1 Å². The summed E-state index contributed by atoms with van der Waals surface area (Å²) < 4.78 is 29.2. The molecule has 0 saturated carbocycles. The molecule has 4 nitrogen and oxygen atoms in total. The highest BCUT2D eigenvalue weighted by molar-refractivity contribution is 7.91. The van der Waals surface area contributed by atoms with Crippen LogP contribution < -0.4 is 10.1 Å². The lowest BCUT2D eigenvalue weighted by molar-refractivity contribution is 0.336. The molecule has 0 unspecified atom stereocenters. The summed E-state index contributed by atoms with van der Waals surface area (Å²) in [4.78, 5) is 0. The van der Waals surface area contributed by atoms with E-state index in [9.17, 15) is 8.42 Å². The molecular formula is C15H24ClNO3S. The topological polar surface area (TPSA) is 55.4 Å². The van der Waals surface area contributed by atoms with Crippen LogP contribution in [0.3, 0.4) is 0 Å². The van der Waals surface area contributed by atoms with E-state index in [0.29, 0.717) is 17.3 Å². The Balaban J connectivity index is 2.69. The second-order valence-corrected chi connectivity index (χ2v) is 8.25. The van der Waals surface area contributed by atoms with Crippen LogP contribution in [-0.2, 0) is 16.4 Å². The van der Waals surface area contributed by atoms with Crippen molar-refractivity contribution in [1.29, 1.82) is 0 Å². The Kier molecular flexibility index (Phi) is 7.49. The molecule has 0 bridgehead atoms. The van der Waals surface area contributed by atoms with Gasteiger partial charge in [-0.05, 0) is 32.9 Å². The molecular weight excluding hydrogens is 310 g/mol. The van der Waals surface area contributed by atoms with Gasteiger partial charge in [0.05, 0.1) is 16.0 Å². The second kappa shape index (κ2) is 8.61. The minimum absolute atomic E-state index is 0.00226. The number of halogens is 1. The fourth-order valence-electron chi connectivity index (χ4n) is 1.75. The highest BCUT2D eigenvalue weighted by atomic mass is 35.5. The second-order valence-electron chi connectivity index (χ2n) is 5.17. The Bertz CT molecular complexity index is 544. The van der Waals surface area contributed by atoms with Crippen LogP contribution in [0.1, 0.15) is 32.8 Å². The molecule has 6 heteroatoms. The van der Waals surface area contributed by atoms with Crippen molar-refractivity contribution >= 4 is 21.4 Å². The standard InChI is InChI=1S/C15H24ClNO3S/c1-4-8-17-11-13-6-5-7-14(16)15(13)20-9-10-21(18,19)12(2)3/h5-7,12,17H,4,8-11H2,1-3H3. The summed E-state index contributed by atoms with van der Waals surface area (Å²) in [6.07, 6.45) is 1.05. The first-order valence-corrected chi connectivity index (χ1v) is 9.30. The van der Waals surface area contributed by atoms with E-state index in [0.717, 1.165) is 18.5 Å². The summed E-state index contributed by atoms with van der Waals surface area (Å²) in [6, 6.07) is 5.54. The zero-order valence-electron chi connectivity index (χ0n) is 12.9. The molecule has 0 fully saturated rings. The summed E-state index contributed by atoms with van der Waals surface area (Å²) in [6.45, 7) is 7.12. The SMILES string of the molecule is CCCNCc1cccc(Cl)c1OCCS(=O)(=O)C(C)C. The molecule has 21 heavy (non-hydrogen) atoms. The smallest absolute Gasteiger partial charge is 0.155 e. The quantitative estimate of drug-likeness (QED) is 0.706. The predicted octanol–water partition coefficient (Wildman–Crippen LogP) is 3.04. The van der Waals surface area contributed by atoms with Crippen molar-refractivity contribution in [3.63, 3.8) is 0 Å². The molecule has 0 heterocycles. The van der Waals surface area contributed by atoms with Gasteiger partial charge >= 0.3 is 0 Å². The van der Waals surface area contributed by atoms with Gasteiger partial charge in [0.15, 0.2) is 9.84 Å². The summed E-state index contributed by atoms with van der Waals surface area (Å²) >= 11 is 6.15. The van der Waals surface area contributed by atoms with Crippen LogP contribution in [0.5, 0.6) is 5.75 Å². The molecule has 0 saturated heterocycles. The van der Waals surface area contributed by atoms with Gasteiger partial charge in [-0.15, -0.1) is 0 Å². The third kappa shape index (κ3) is 5.85. The summed E-state index contributed by atoms with van der Waals surface area (Å²) in [5.74, 6) is 0.569. The zero-order valence-corrected chi connectivity index (χ0v) is 14.4. The Morgan fingerprint density at radius 1 is 1.33 bits per heavy atom. The van der Waals surface area contributed by atoms with Crippen molar-refractivity contribution in [2.45, 2.75) is 39.0 Å². The number of ether oxygens (including phenoxy) is 1. The van der Waals surface area contributed by atoms with Crippen molar-refractivity contribution in [2.75, 3.05) is 18.9 Å². The van der Waals surface area contributed by atoms with Crippen LogP contribution in [0.2, 0.25) is 5.02 Å². The largest absolute Gasteiger partial charge is 0.491 e. The van der Waals surface area contributed by atoms with E-state index >= 15 is 0 Å². The number of rotatable bonds is 9. The molecule has 0 radical (unpaired) electrons. The van der Waals surface area contributed by atoms with E-state index in [4.69, 9.17) is 16.3 Å². The Morgan fingerprint density at radius 2 is 2.05 bits per heavy atom. The average Bonchev–Trinajstić information content (AvgIpc) is 2.41. The van der Waals surface area contributed by atoms with Gasteiger partial charge < -0.3 is 10.1 Å². The monoisotopic (exact) mass is 333 g/mol. The van der Waals surface area contributed by atoms with Crippen molar-refractivity contribution in [2.24, 2.45) is 0 Å². The molecule has 1 N–H and O–H groups in total. The van der Waals surface area contributed by atoms with E-state index in [1.807, 2.05) is 12.1 Å². The maximum Gasteiger partial charge on any atom is 0.155 e. The van der Waals surface area contributed by atoms with Crippen molar-refractivity contribution < 1.29 is 13.2 Å².